The third-order valence-electron chi connectivity index (χ3n) is 3.64. The molecule has 0 radical (unpaired) electrons. The Morgan fingerprint density at radius 1 is 1.26 bits per heavy atom. The highest BCUT2D eigenvalue weighted by atomic mass is 35.5. The van der Waals surface area contributed by atoms with Crippen LogP contribution in [0.4, 0.5) is 0 Å². The van der Waals surface area contributed by atoms with E-state index in [-0.39, 0.29) is 18.3 Å². The van der Waals surface area contributed by atoms with Gasteiger partial charge in [0.1, 0.15) is 5.69 Å². The van der Waals surface area contributed by atoms with E-state index in [4.69, 9.17) is 5.73 Å². The zero-order chi connectivity index (χ0) is 15.9. The van der Waals surface area contributed by atoms with Gasteiger partial charge in [0, 0.05) is 25.3 Å². The highest BCUT2D eigenvalue weighted by molar-refractivity contribution is 5.92. The molecule has 1 aromatic carbocycles. The number of nitrogens with two attached hydrogens (primary N) is 1. The predicted octanol–water partition coefficient (Wildman–Crippen LogP) is 2.60. The second kappa shape index (κ2) is 9.33. The lowest BCUT2D eigenvalue weighted by Gasteiger charge is -2.21. The van der Waals surface area contributed by atoms with Crippen molar-refractivity contribution in [3.63, 3.8) is 0 Å². The molecular formula is C17H25ClN4O. The average Bonchev–Trinajstić information content (AvgIpc) is 3.02. The van der Waals surface area contributed by atoms with E-state index in [0.29, 0.717) is 31.2 Å². The van der Waals surface area contributed by atoms with E-state index < -0.39 is 0 Å². The minimum atomic E-state index is -0.0652. The average molecular weight is 337 g/mol. The molecule has 0 saturated carbocycles. The number of carbonyl (C=O) groups is 1. The fourth-order valence-electron chi connectivity index (χ4n) is 2.28. The van der Waals surface area contributed by atoms with E-state index in [1.54, 1.807) is 4.90 Å². The molecule has 0 aliphatic heterocycles. The van der Waals surface area contributed by atoms with Gasteiger partial charge in [-0.2, -0.15) is 5.10 Å². The predicted molar refractivity (Wildman–Crippen MR) is 95.0 cm³/mol. The molecule has 1 amide bonds. The zero-order valence-electron chi connectivity index (χ0n) is 13.7. The van der Waals surface area contributed by atoms with Crippen LogP contribution in [0, 0.1) is 0 Å². The number of carbonyl (C=O) groups excluding carboxylic acids is 1. The molecule has 0 aliphatic carbocycles. The highest BCUT2D eigenvalue weighted by Gasteiger charge is 2.18. The third-order valence-corrected chi connectivity index (χ3v) is 3.64. The Balaban J connectivity index is 0.00000264. The summed E-state index contributed by atoms with van der Waals surface area (Å²) in [5, 5.41) is 7.07. The van der Waals surface area contributed by atoms with Crippen LogP contribution < -0.4 is 5.73 Å². The van der Waals surface area contributed by atoms with E-state index in [0.717, 1.165) is 12.1 Å². The summed E-state index contributed by atoms with van der Waals surface area (Å²) in [7, 11) is 0. The largest absolute Gasteiger partial charge is 0.336 e. The smallest absolute Gasteiger partial charge is 0.274 e. The van der Waals surface area contributed by atoms with Gasteiger partial charge in [-0.05, 0) is 24.0 Å². The van der Waals surface area contributed by atoms with Gasteiger partial charge in [-0.25, -0.2) is 0 Å². The summed E-state index contributed by atoms with van der Waals surface area (Å²) in [5.41, 5.74) is 8.29. The maximum atomic E-state index is 12.6. The molecule has 23 heavy (non-hydrogen) atoms. The van der Waals surface area contributed by atoms with Crippen LogP contribution >= 0.6 is 12.4 Å². The molecule has 2 aromatic rings. The standard InChI is InChI=1S/C17H24N4O.ClH/c1-13(2)15-12-16(20-19-15)17(22)21(11-9-18)10-8-14-6-4-3-5-7-14;/h3-7,12-13H,8-11,18H2,1-2H3,(H,19,20);1H. The summed E-state index contributed by atoms with van der Waals surface area (Å²) < 4.78 is 0. The molecule has 1 heterocycles. The number of benzene rings is 1. The Kier molecular flexibility index (Phi) is 7.78. The first kappa shape index (κ1) is 19.2. The first-order valence-corrected chi connectivity index (χ1v) is 7.70. The number of halogens is 1. The van der Waals surface area contributed by atoms with Crippen LogP contribution in [-0.4, -0.2) is 40.6 Å². The summed E-state index contributed by atoms with van der Waals surface area (Å²) >= 11 is 0. The second-order valence-electron chi connectivity index (χ2n) is 5.68. The Morgan fingerprint density at radius 3 is 2.52 bits per heavy atom. The summed E-state index contributed by atoms with van der Waals surface area (Å²) in [6, 6.07) is 12.0. The van der Waals surface area contributed by atoms with E-state index in [2.05, 4.69) is 36.2 Å². The SMILES string of the molecule is CC(C)c1cc(C(=O)N(CCN)CCc2ccccc2)n[nH]1.Cl. The lowest BCUT2D eigenvalue weighted by atomic mass is 10.1. The van der Waals surface area contributed by atoms with Crippen molar-refractivity contribution in [2.24, 2.45) is 5.73 Å². The van der Waals surface area contributed by atoms with Crippen LogP contribution in [0.15, 0.2) is 36.4 Å². The van der Waals surface area contributed by atoms with Crippen molar-refractivity contribution in [1.29, 1.82) is 0 Å². The van der Waals surface area contributed by atoms with E-state index in [1.165, 1.54) is 5.56 Å². The lowest BCUT2D eigenvalue weighted by Crippen LogP contribution is -2.37. The number of hydrogen-bond donors (Lipinski definition) is 2. The van der Waals surface area contributed by atoms with Crippen molar-refractivity contribution in [2.75, 3.05) is 19.6 Å². The molecule has 0 aliphatic rings. The van der Waals surface area contributed by atoms with E-state index >= 15 is 0 Å². The Bertz CT molecular complexity index is 598. The minimum absolute atomic E-state index is 0. The van der Waals surface area contributed by atoms with Crippen LogP contribution in [0.5, 0.6) is 0 Å². The molecule has 3 N–H and O–H groups in total. The fourth-order valence-corrected chi connectivity index (χ4v) is 2.28. The Labute approximate surface area is 143 Å². The highest BCUT2D eigenvalue weighted by Crippen LogP contribution is 2.13. The number of amides is 1. The van der Waals surface area contributed by atoms with E-state index in [9.17, 15) is 4.79 Å². The summed E-state index contributed by atoms with van der Waals surface area (Å²) in [6.45, 7) is 5.76. The summed E-state index contributed by atoms with van der Waals surface area (Å²) in [4.78, 5) is 14.4. The lowest BCUT2D eigenvalue weighted by molar-refractivity contribution is 0.0756. The number of aromatic amines is 1. The third kappa shape index (κ3) is 5.37. The number of nitrogens with one attached hydrogen (secondary N) is 1. The van der Waals surface area contributed by atoms with Crippen molar-refractivity contribution in [1.82, 2.24) is 15.1 Å². The van der Waals surface area contributed by atoms with Gasteiger partial charge in [-0.15, -0.1) is 12.4 Å². The van der Waals surface area contributed by atoms with E-state index in [1.807, 2.05) is 24.3 Å². The molecule has 0 bridgehead atoms. The molecule has 0 saturated heterocycles. The molecule has 1 aromatic heterocycles. The zero-order valence-corrected chi connectivity index (χ0v) is 14.5. The van der Waals surface area contributed by atoms with Gasteiger partial charge in [0.2, 0.25) is 0 Å². The molecule has 0 fully saturated rings. The van der Waals surface area contributed by atoms with Crippen LogP contribution in [-0.2, 0) is 6.42 Å². The summed E-state index contributed by atoms with van der Waals surface area (Å²) in [6.07, 6.45) is 0.814. The second-order valence-corrected chi connectivity index (χ2v) is 5.68. The fraction of sp³-hybridized carbons (Fsp3) is 0.412. The number of nitrogens with zero attached hydrogens (tertiary/aromatic N) is 2. The molecule has 0 spiro atoms. The first-order valence-electron chi connectivity index (χ1n) is 7.70. The number of H-pyrrole nitrogens is 1. The van der Waals surface area contributed by atoms with Crippen molar-refractivity contribution in [3.8, 4) is 0 Å². The molecule has 6 heteroatoms. The Hall–Kier alpha value is -1.85. The number of rotatable bonds is 7. The Morgan fingerprint density at radius 2 is 1.96 bits per heavy atom. The first-order chi connectivity index (χ1) is 10.6. The van der Waals surface area contributed by atoms with Gasteiger partial charge in [0.25, 0.3) is 5.91 Å². The topological polar surface area (TPSA) is 75.0 Å². The minimum Gasteiger partial charge on any atom is -0.336 e. The maximum Gasteiger partial charge on any atom is 0.274 e. The summed E-state index contributed by atoms with van der Waals surface area (Å²) in [5.74, 6) is 0.255. The van der Waals surface area contributed by atoms with Crippen molar-refractivity contribution >= 4 is 18.3 Å². The maximum absolute atomic E-state index is 12.6. The van der Waals surface area contributed by atoms with Crippen LogP contribution in [0.25, 0.3) is 0 Å². The van der Waals surface area contributed by atoms with Crippen molar-refractivity contribution < 1.29 is 4.79 Å². The van der Waals surface area contributed by atoms with Crippen LogP contribution in [0.1, 0.15) is 41.5 Å². The molecule has 0 atom stereocenters. The molecule has 0 unspecified atom stereocenters. The molecule has 126 valence electrons. The van der Waals surface area contributed by atoms with Crippen LogP contribution in [0.2, 0.25) is 0 Å². The van der Waals surface area contributed by atoms with Crippen molar-refractivity contribution in [2.45, 2.75) is 26.2 Å². The van der Waals surface area contributed by atoms with Crippen molar-refractivity contribution in [3.05, 3.63) is 53.3 Å². The monoisotopic (exact) mass is 336 g/mol. The normalized spacial score (nSPS) is 10.4. The molecular weight excluding hydrogens is 312 g/mol. The van der Waals surface area contributed by atoms with Gasteiger partial charge in [-0.3, -0.25) is 9.89 Å². The molecule has 2 rings (SSSR count). The quantitative estimate of drug-likeness (QED) is 0.816. The van der Waals surface area contributed by atoms with Crippen LogP contribution in [0.3, 0.4) is 0 Å². The van der Waals surface area contributed by atoms with Gasteiger partial charge < -0.3 is 10.6 Å². The number of aromatic nitrogens is 2. The van der Waals surface area contributed by atoms with Gasteiger partial charge >= 0.3 is 0 Å². The van der Waals surface area contributed by atoms with Gasteiger partial charge in [0.15, 0.2) is 0 Å². The van der Waals surface area contributed by atoms with Gasteiger partial charge in [-0.1, -0.05) is 44.2 Å². The van der Waals surface area contributed by atoms with Gasteiger partial charge in [0.05, 0.1) is 0 Å². The molecule has 5 nitrogen and oxygen atoms in total. The number of hydrogen-bond acceptors (Lipinski definition) is 3.